The fraction of sp³-hybridized carbons (Fsp3) is 0.174. The number of aryl methyl sites for hydroxylation is 2. The molecule has 27 heavy (non-hydrogen) atoms. The van der Waals surface area contributed by atoms with E-state index in [1.165, 1.54) is 5.56 Å². The van der Waals surface area contributed by atoms with Gasteiger partial charge in [-0.3, -0.25) is 0 Å². The summed E-state index contributed by atoms with van der Waals surface area (Å²) in [5, 5.41) is 0. The van der Waals surface area contributed by atoms with Gasteiger partial charge in [0, 0.05) is 17.8 Å². The first-order chi connectivity index (χ1) is 13.2. The number of imidazole rings is 1. The lowest BCUT2D eigenvalue weighted by Crippen LogP contribution is -2.06. The minimum absolute atomic E-state index is 0.659. The van der Waals surface area contributed by atoms with Gasteiger partial charge in [-0.25, -0.2) is 4.98 Å². The Kier molecular flexibility index (Phi) is 4.79. The highest BCUT2D eigenvalue weighted by Crippen LogP contribution is 2.26. The van der Waals surface area contributed by atoms with Crippen molar-refractivity contribution in [2.45, 2.75) is 19.9 Å². The van der Waals surface area contributed by atoms with Gasteiger partial charge in [0.25, 0.3) is 0 Å². The Labute approximate surface area is 159 Å². The zero-order chi connectivity index (χ0) is 18.6. The molecule has 0 radical (unpaired) electrons. The topological polar surface area (TPSA) is 53.1 Å². The van der Waals surface area contributed by atoms with E-state index >= 15 is 0 Å². The summed E-state index contributed by atoms with van der Waals surface area (Å²) in [7, 11) is 0. The highest BCUT2D eigenvalue weighted by Gasteiger charge is 2.12. The molecular weight excluding hydrogens is 334 g/mol. The minimum atomic E-state index is 0.659. The van der Waals surface area contributed by atoms with Crippen LogP contribution in [0, 0.1) is 6.92 Å². The van der Waals surface area contributed by atoms with Crippen LogP contribution in [0.3, 0.4) is 0 Å². The Hall–Kier alpha value is -3.27. The average molecular weight is 357 g/mol. The van der Waals surface area contributed by atoms with Gasteiger partial charge in [-0.15, -0.1) is 0 Å². The molecule has 4 heteroatoms. The molecule has 4 rings (SSSR count). The Morgan fingerprint density at radius 3 is 2.67 bits per heavy atom. The normalized spacial score (nSPS) is 11.0. The van der Waals surface area contributed by atoms with Crippen molar-refractivity contribution in [1.82, 2.24) is 9.55 Å². The van der Waals surface area contributed by atoms with Gasteiger partial charge < -0.3 is 15.0 Å². The van der Waals surface area contributed by atoms with E-state index in [0.717, 1.165) is 46.8 Å². The molecule has 0 unspecified atom stereocenters. The molecule has 4 aromatic rings. The van der Waals surface area contributed by atoms with Gasteiger partial charge in [-0.2, -0.15) is 0 Å². The van der Waals surface area contributed by atoms with E-state index in [1.54, 1.807) is 0 Å². The molecule has 0 bridgehead atoms. The van der Waals surface area contributed by atoms with Gasteiger partial charge in [-0.1, -0.05) is 36.4 Å². The third-order valence-corrected chi connectivity index (χ3v) is 4.58. The van der Waals surface area contributed by atoms with Crippen LogP contribution in [0.1, 0.15) is 12.0 Å². The Balaban J connectivity index is 1.56. The first kappa shape index (κ1) is 17.2. The van der Waals surface area contributed by atoms with Crippen molar-refractivity contribution in [3.63, 3.8) is 0 Å². The Bertz CT molecular complexity index is 1070. The number of anilines is 1. The monoisotopic (exact) mass is 357 g/mol. The summed E-state index contributed by atoms with van der Waals surface area (Å²) < 4.78 is 8.16. The van der Waals surface area contributed by atoms with Crippen molar-refractivity contribution in [1.29, 1.82) is 0 Å². The standard InChI is InChI=1S/C23H23N3O/c1-17-7-4-10-20(15-17)27-14-6-13-26-22-12-3-2-11-21(22)25-23(26)18-8-5-9-19(24)16-18/h2-5,7-12,15-16H,6,13-14,24H2,1H3. The van der Waals surface area contributed by atoms with Crippen molar-refractivity contribution in [3.8, 4) is 17.1 Å². The van der Waals surface area contributed by atoms with Crippen molar-refractivity contribution in [2.75, 3.05) is 12.3 Å². The van der Waals surface area contributed by atoms with Crippen molar-refractivity contribution >= 4 is 16.7 Å². The number of fused-ring (bicyclic) bond motifs is 1. The molecule has 0 aliphatic heterocycles. The third-order valence-electron chi connectivity index (χ3n) is 4.58. The quantitative estimate of drug-likeness (QED) is 0.387. The second-order valence-corrected chi connectivity index (χ2v) is 6.72. The maximum absolute atomic E-state index is 5.98. The first-order valence-corrected chi connectivity index (χ1v) is 9.21. The number of hydrogen-bond donors (Lipinski definition) is 1. The highest BCUT2D eigenvalue weighted by atomic mass is 16.5. The number of hydrogen-bond acceptors (Lipinski definition) is 3. The van der Waals surface area contributed by atoms with E-state index in [2.05, 4.69) is 35.8 Å². The van der Waals surface area contributed by atoms with Gasteiger partial charge in [0.05, 0.1) is 17.6 Å². The summed E-state index contributed by atoms with van der Waals surface area (Å²) in [5.41, 5.74) is 11.1. The molecule has 1 heterocycles. The summed E-state index contributed by atoms with van der Waals surface area (Å²) in [5.74, 6) is 1.86. The van der Waals surface area contributed by atoms with E-state index in [4.69, 9.17) is 15.5 Å². The number of rotatable bonds is 6. The zero-order valence-corrected chi connectivity index (χ0v) is 15.4. The second kappa shape index (κ2) is 7.54. The second-order valence-electron chi connectivity index (χ2n) is 6.72. The predicted octanol–water partition coefficient (Wildman–Crippen LogP) is 5.06. The minimum Gasteiger partial charge on any atom is -0.494 e. The smallest absolute Gasteiger partial charge is 0.141 e. The molecule has 0 saturated carbocycles. The molecule has 136 valence electrons. The summed E-state index contributed by atoms with van der Waals surface area (Å²) in [6.07, 6.45) is 0.892. The van der Waals surface area contributed by atoms with Crippen LogP contribution in [0.2, 0.25) is 0 Å². The van der Waals surface area contributed by atoms with Crippen LogP contribution < -0.4 is 10.5 Å². The Morgan fingerprint density at radius 2 is 1.81 bits per heavy atom. The maximum atomic E-state index is 5.98. The van der Waals surface area contributed by atoms with Crippen molar-refractivity contribution < 1.29 is 4.74 Å². The van der Waals surface area contributed by atoms with E-state index in [1.807, 2.05) is 48.5 Å². The number of aromatic nitrogens is 2. The van der Waals surface area contributed by atoms with Gasteiger partial charge in [0.2, 0.25) is 0 Å². The number of para-hydroxylation sites is 2. The van der Waals surface area contributed by atoms with E-state index in [9.17, 15) is 0 Å². The molecule has 0 aliphatic carbocycles. The van der Waals surface area contributed by atoms with Gasteiger partial charge in [0.15, 0.2) is 0 Å². The van der Waals surface area contributed by atoms with Gasteiger partial charge >= 0.3 is 0 Å². The van der Waals surface area contributed by atoms with E-state index < -0.39 is 0 Å². The average Bonchev–Trinajstić information content (AvgIpc) is 3.04. The first-order valence-electron chi connectivity index (χ1n) is 9.21. The highest BCUT2D eigenvalue weighted by molar-refractivity contribution is 5.81. The SMILES string of the molecule is Cc1cccc(OCCCn2c(-c3cccc(N)c3)nc3ccccc32)c1. The van der Waals surface area contributed by atoms with Crippen molar-refractivity contribution in [2.24, 2.45) is 0 Å². The van der Waals surface area contributed by atoms with Crippen LogP contribution in [0.5, 0.6) is 5.75 Å². The van der Waals surface area contributed by atoms with E-state index in [0.29, 0.717) is 6.61 Å². The number of nitrogens with two attached hydrogens (primary N) is 1. The lowest BCUT2D eigenvalue weighted by molar-refractivity contribution is 0.302. The molecule has 0 saturated heterocycles. The summed E-state index contributed by atoms with van der Waals surface area (Å²) >= 11 is 0. The van der Waals surface area contributed by atoms with Crippen LogP contribution in [0.4, 0.5) is 5.69 Å². The number of benzene rings is 3. The lowest BCUT2D eigenvalue weighted by atomic mass is 10.2. The van der Waals surface area contributed by atoms with Gasteiger partial charge in [-0.05, 0) is 55.3 Å². The lowest BCUT2D eigenvalue weighted by Gasteiger charge is -2.11. The maximum Gasteiger partial charge on any atom is 0.141 e. The molecule has 4 nitrogen and oxygen atoms in total. The molecule has 0 aliphatic rings. The Morgan fingerprint density at radius 1 is 0.963 bits per heavy atom. The molecule has 0 spiro atoms. The molecule has 0 fully saturated rings. The number of nitrogens with zero attached hydrogens (tertiary/aromatic N) is 2. The number of ether oxygens (including phenoxy) is 1. The fourth-order valence-electron chi connectivity index (χ4n) is 3.32. The molecular formula is C23H23N3O. The molecule has 0 amide bonds. The fourth-order valence-corrected chi connectivity index (χ4v) is 3.32. The molecule has 2 N–H and O–H groups in total. The number of nitrogen functional groups attached to an aromatic ring is 1. The van der Waals surface area contributed by atoms with Crippen LogP contribution in [0.15, 0.2) is 72.8 Å². The van der Waals surface area contributed by atoms with Crippen LogP contribution in [0.25, 0.3) is 22.4 Å². The largest absolute Gasteiger partial charge is 0.494 e. The van der Waals surface area contributed by atoms with E-state index in [-0.39, 0.29) is 0 Å². The molecule has 1 aromatic heterocycles. The summed E-state index contributed by atoms with van der Waals surface area (Å²) in [6.45, 7) is 3.56. The predicted molar refractivity (Wildman–Crippen MR) is 111 cm³/mol. The summed E-state index contributed by atoms with van der Waals surface area (Å²) in [4.78, 5) is 4.84. The van der Waals surface area contributed by atoms with Crippen LogP contribution in [-0.4, -0.2) is 16.2 Å². The van der Waals surface area contributed by atoms with Gasteiger partial charge in [0.1, 0.15) is 11.6 Å². The molecule has 0 atom stereocenters. The van der Waals surface area contributed by atoms with Crippen molar-refractivity contribution in [3.05, 3.63) is 78.4 Å². The third kappa shape index (κ3) is 3.80. The zero-order valence-electron chi connectivity index (χ0n) is 15.4. The van der Waals surface area contributed by atoms with Crippen LogP contribution in [-0.2, 0) is 6.54 Å². The van der Waals surface area contributed by atoms with Crippen LogP contribution >= 0.6 is 0 Å². The molecule has 3 aromatic carbocycles. The summed E-state index contributed by atoms with van der Waals surface area (Å²) in [6, 6.07) is 24.3.